The molecule has 0 aromatic carbocycles. The molecule has 0 unspecified atom stereocenters. The molecule has 1 aromatic rings. The number of hydrogen-bond acceptors (Lipinski definition) is 3. The molecule has 0 amide bonds. The fraction of sp³-hybridized carbons (Fsp3) is 0.455. The van der Waals surface area contributed by atoms with E-state index in [1.807, 2.05) is 6.92 Å². The number of aromatic nitrogens is 1. The van der Waals surface area contributed by atoms with Crippen LogP contribution in [0.4, 0.5) is 0 Å². The van der Waals surface area contributed by atoms with Gasteiger partial charge in [0.05, 0.1) is 15.6 Å². The third-order valence-corrected chi connectivity index (χ3v) is 3.13. The summed E-state index contributed by atoms with van der Waals surface area (Å²) >= 11 is 1.57. The zero-order valence-corrected chi connectivity index (χ0v) is 9.97. The molecule has 1 N–H and O–H groups in total. The van der Waals surface area contributed by atoms with Gasteiger partial charge in [-0.3, -0.25) is 0 Å². The Morgan fingerprint density at radius 2 is 2.27 bits per heavy atom. The molecule has 4 heteroatoms. The molecule has 0 aliphatic rings. The zero-order valence-electron chi connectivity index (χ0n) is 9.15. The van der Waals surface area contributed by atoms with Crippen molar-refractivity contribution in [3.05, 3.63) is 21.7 Å². The lowest BCUT2D eigenvalue weighted by molar-refractivity contribution is -0.131. The second kappa shape index (κ2) is 5.07. The largest absolute Gasteiger partial charge is 0.478 e. The van der Waals surface area contributed by atoms with Crippen molar-refractivity contribution in [2.75, 3.05) is 0 Å². The van der Waals surface area contributed by atoms with Gasteiger partial charge in [0.2, 0.25) is 0 Å². The van der Waals surface area contributed by atoms with E-state index in [0.717, 1.165) is 22.0 Å². The summed E-state index contributed by atoms with van der Waals surface area (Å²) in [6.07, 6.45) is 3.69. The molecule has 0 aliphatic carbocycles. The number of carboxylic acids is 1. The molecule has 0 atom stereocenters. The standard InChI is InChI=1S/C11H15NO2S/c1-4-9-12-11(7(2)3)8(15-9)5-6-10(13)14/h5-7H,4H2,1-3H3,(H,13,14)/b6-5+. The van der Waals surface area contributed by atoms with Crippen LogP contribution in [-0.4, -0.2) is 16.1 Å². The number of hydrogen-bond donors (Lipinski definition) is 1. The molecule has 0 fully saturated rings. The average molecular weight is 225 g/mol. The van der Waals surface area contributed by atoms with E-state index in [1.165, 1.54) is 6.08 Å². The van der Waals surface area contributed by atoms with Crippen molar-refractivity contribution in [2.45, 2.75) is 33.1 Å². The molecule has 0 aliphatic heterocycles. The number of carbonyl (C=O) groups is 1. The molecule has 1 aromatic heterocycles. The topological polar surface area (TPSA) is 50.2 Å². The lowest BCUT2D eigenvalue weighted by Gasteiger charge is -2.00. The summed E-state index contributed by atoms with van der Waals surface area (Å²) in [6.45, 7) is 6.17. The van der Waals surface area contributed by atoms with Gasteiger partial charge in [-0.05, 0) is 18.4 Å². The van der Waals surface area contributed by atoms with Gasteiger partial charge in [0.25, 0.3) is 0 Å². The van der Waals surface area contributed by atoms with Crippen LogP contribution < -0.4 is 0 Å². The Morgan fingerprint density at radius 1 is 1.60 bits per heavy atom. The van der Waals surface area contributed by atoms with Crippen LogP contribution in [0.15, 0.2) is 6.08 Å². The minimum atomic E-state index is -0.920. The first kappa shape index (κ1) is 11.9. The van der Waals surface area contributed by atoms with E-state index in [1.54, 1.807) is 17.4 Å². The van der Waals surface area contributed by atoms with Crippen LogP contribution in [-0.2, 0) is 11.2 Å². The first-order valence-corrected chi connectivity index (χ1v) is 5.76. The maximum Gasteiger partial charge on any atom is 0.328 e. The minimum absolute atomic E-state index is 0.329. The van der Waals surface area contributed by atoms with Crippen molar-refractivity contribution in [1.29, 1.82) is 0 Å². The van der Waals surface area contributed by atoms with E-state index < -0.39 is 5.97 Å². The molecule has 0 saturated heterocycles. The van der Waals surface area contributed by atoms with Gasteiger partial charge in [0, 0.05) is 6.08 Å². The Morgan fingerprint density at radius 3 is 2.73 bits per heavy atom. The molecular weight excluding hydrogens is 210 g/mol. The van der Waals surface area contributed by atoms with Crippen LogP contribution in [0.1, 0.15) is 42.3 Å². The fourth-order valence-electron chi connectivity index (χ4n) is 1.22. The molecule has 1 rings (SSSR count). The molecule has 0 saturated carbocycles. The Bertz CT molecular complexity index is 380. The molecule has 0 spiro atoms. The molecule has 0 radical (unpaired) electrons. The Labute approximate surface area is 93.5 Å². The highest BCUT2D eigenvalue weighted by Crippen LogP contribution is 2.26. The number of aryl methyl sites for hydroxylation is 1. The van der Waals surface area contributed by atoms with Crippen molar-refractivity contribution in [2.24, 2.45) is 0 Å². The van der Waals surface area contributed by atoms with Gasteiger partial charge in [-0.1, -0.05) is 20.8 Å². The summed E-state index contributed by atoms with van der Waals surface area (Å²) in [6, 6.07) is 0. The Hall–Kier alpha value is -1.16. The number of thiazole rings is 1. The second-order valence-electron chi connectivity index (χ2n) is 3.54. The molecule has 3 nitrogen and oxygen atoms in total. The zero-order chi connectivity index (χ0) is 11.4. The van der Waals surface area contributed by atoms with Crippen LogP contribution in [0, 0.1) is 0 Å². The Kier molecular flexibility index (Phi) is 4.03. The van der Waals surface area contributed by atoms with E-state index in [9.17, 15) is 4.79 Å². The van der Waals surface area contributed by atoms with Crippen molar-refractivity contribution < 1.29 is 9.90 Å². The smallest absolute Gasteiger partial charge is 0.328 e. The van der Waals surface area contributed by atoms with Gasteiger partial charge < -0.3 is 5.11 Å². The van der Waals surface area contributed by atoms with Gasteiger partial charge in [-0.25, -0.2) is 9.78 Å². The molecule has 0 bridgehead atoms. The second-order valence-corrected chi connectivity index (χ2v) is 4.65. The highest BCUT2D eigenvalue weighted by Gasteiger charge is 2.11. The summed E-state index contributed by atoms with van der Waals surface area (Å²) in [7, 11) is 0. The minimum Gasteiger partial charge on any atom is -0.478 e. The van der Waals surface area contributed by atoms with Crippen LogP contribution in [0.3, 0.4) is 0 Å². The highest BCUT2D eigenvalue weighted by molar-refractivity contribution is 7.12. The lowest BCUT2D eigenvalue weighted by atomic mass is 10.1. The van der Waals surface area contributed by atoms with Gasteiger partial charge in [0.1, 0.15) is 0 Å². The summed E-state index contributed by atoms with van der Waals surface area (Å²) < 4.78 is 0. The van der Waals surface area contributed by atoms with Gasteiger partial charge >= 0.3 is 5.97 Å². The average Bonchev–Trinajstić information content (AvgIpc) is 2.57. The van der Waals surface area contributed by atoms with Gasteiger partial charge in [0.15, 0.2) is 0 Å². The summed E-state index contributed by atoms with van der Waals surface area (Å²) in [5.41, 5.74) is 0.995. The van der Waals surface area contributed by atoms with Gasteiger partial charge in [-0.2, -0.15) is 0 Å². The van der Waals surface area contributed by atoms with Gasteiger partial charge in [-0.15, -0.1) is 11.3 Å². The monoisotopic (exact) mass is 225 g/mol. The predicted molar refractivity (Wildman–Crippen MR) is 62.3 cm³/mol. The van der Waals surface area contributed by atoms with Crippen molar-refractivity contribution in [1.82, 2.24) is 4.98 Å². The highest BCUT2D eigenvalue weighted by atomic mass is 32.1. The van der Waals surface area contributed by atoms with E-state index in [4.69, 9.17) is 5.11 Å². The van der Waals surface area contributed by atoms with E-state index >= 15 is 0 Å². The number of carboxylic acid groups (broad SMARTS) is 1. The SMILES string of the molecule is CCc1nc(C(C)C)c(/C=C/C(=O)O)s1. The molecule has 15 heavy (non-hydrogen) atoms. The summed E-state index contributed by atoms with van der Waals surface area (Å²) in [4.78, 5) is 15.9. The molecule has 1 heterocycles. The third kappa shape index (κ3) is 3.16. The first-order chi connectivity index (χ1) is 7.04. The van der Waals surface area contributed by atoms with Crippen LogP contribution in [0.5, 0.6) is 0 Å². The maximum atomic E-state index is 10.4. The summed E-state index contributed by atoms with van der Waals surface area (Å²) in [5.74, 6) is -0.592. The summed E-state index contributed by atoms with van der Waals surface area (Å²) in [5, 5.41) is 9.62. The number of nitrogens with zero attached hydrogens (tertiary/aromatic N) is 1. The van der Waals surface area contributed by atoms with Crippen LogP contribution in [0.25, 0.3) is 6.08 Å². The molecule has 82 valence electrons. The lowest BCUT2D eigenvalue weighted by Crippen LogP contribution is -1.91. The first-order valence-electron chi connectivity index (χ1n) is 4.95. The maximum absolute atomic E-state index is 10.4. The van der Waals surface area contributed by atoms with Crippen molar-refractivity contribution in [3.8, 4) is 0 Å². The fourth-order valence-corrected chi connectivity index (χ4v) is 2.29. The quantitative estimate of drug-likeness (QED) is 0.801. The van der Waals surface area contributed by atoms with E-state index in [2.05, 4.69) is 18.8 Å². The Balaban J connectivity index is 3.03. The predicted octanol–water partition coefficient (Wildman–Crippen LogP) is 2.93. The van der Waals surface area contributed by atoms with E-state index in [0.29, 0.717) is 5.92 Å². The number of rotatable bonds is 4. The number of aliphatic carboxylic acids is 1. The molecular formula is C11H15NO2S. The third-order valence-electron chi connectivity index (χ3n) is 1.95. The van der Waals surface area contributed by atoms with Crippen molar-refractivity contribution >= 4 is 23.4 Å². The van der Waals surface area contributed by atoms with E-state index in [-0.39, 0.29) is 0 Å². The van der Waals surface area contributed by atoms with Crippen molar-refractivity contribution in [3.63, 3.8) is 0 Å². The van der Waals surface area contributed by atoms with Crippen LogP contribution >= 0.6 is 11.3 Å². The van der Waals surface area contributed by atoms with Crippen LogP contribution in [0.2, 0.25) is 0 Å². The normalized spacial score (nSPS) is 11.5.